The molecule has 1 aliphatic rings. The summed E-state index contributed by atoms with van der Waals surface area (Å²) in [5.74, 6) is 0.890. The van der Waals surface area contributed by atoms with Gasteiger partial charge in [0.05, 0.1) is 6.08 Å². The molecular formula is C29H32N2S+2. The number of hydrogen-bond donors (Lipinski definition) is 0. The standard InChI is InChI=1S/C29H32N2S/c1-18(2)22-17-23-21-12-8-10-14-26(21)32-29(23)27(19(3)4)28(22)25-15-16-30(6)31(25)24-13-9-7-11-20(24)5/h7-19,25H,1-6H3/q+2. The van der Waals surface area contributed by atoms with Crippen molar-refractivity contribution < 1.29 is 9.39 Å². The Morgan fingerprint density at radius 2 is 1.59 bits per heavy atom. The number of aryl methyl sites for hydroxylation is 1. The molecule has 0 saturated heterocycles. The summed E-state index contributed by atoms with van der Waals surface area (Å²) in [4.78, 5) is 0. The molecule has 0 fully saturated rings. The van der Waals surface area contributed by atoms with Crippen LogP contribution in [0.25, 0.3) is 20.2 Å². The molecule has 0 spiro atoms. The normalized spacial score (nSPS) is 16.4. The van der Waals surface area contributed by atoms with E-state index in [-0.39, 0.29) is 6.04 Å². The third-order valence-corrected chi connectivity index (χ3v) is 7.94. The first kappa shape index (κ1) is 21.1. The van der Waals surface area contributed by atoms with Gasteiger partial charge in [-0.2, -0.15) is 0 Å². The van der Waals surface area contributed by atoms with E-state index < -0.39 is 0 Å². The fourth-order valence-corrected chi connectivity index (χ4v) is 6.60. The second kappa shape index (κ2) is 7.97. The lowest BCUT2D eigenvalue weighted by Crippen LogP contribution is -2.19. The zero-order valence-electron chi connectivity index (χ0n) is 19.9. The van der Waals surface area contributed by atoms with Crippen LogP contribution in [-0.2, 0) is 0 Å². The fraction of sp³-hybridized carbons (Fsp3) is 0.310. The largest absolute Gasteiger partial charge is 0.273 e. The molecular weight excluding hydrogens is 408 g/mol. The summed E-state index contributed by atoms with van der Waals surface area (Å²) < 4.78 is 7.54. The number of fused-ring (bicyclic) bond motifs is 3. The topological polar surface area (TPSA) is 6.02 Å². The minimum absolute atomic E-state index is 0.186. The monoisotopic (exact) mass is 440 g/mol. The van der Waals surface area contributed by atoms with Crippen molar-refractivity contribution in [3.63, 3.8) is 0 Å². The molecule has 2 heterocycles. The number of thiophene rings is 1. The molecule has 0 N–H and O–H groups in total. The Bertz CT molecular complexity index is 1400. The summed E-state index contributed by atoms with van der Waals surface area (Å²) in [6, 6.07) is 20.3. The van der Waals surface area contributed by atoms with E-state index in [1.54, 1.807) is 0 Å². The molecule has 4 aromatic rings. The Morgan fingerprint density at radius 1 is 0.875 bits per heavy atom. The van der Waals surface area contributed by atoms with Crippen LogP contribution in [-0.4, -0.2) is 16.4 Å². The number of azo groups is 4. The fourth-order valence-electron chi connectivity index (χ4n) is 5.22. The van der Waals surface area contributed by atoms with Crippen LogP contribution in [0, 0.1) is 6.92 Å². The first-order valence-corrected chi connectivity index (χ1v) is 12.4. The molecule has 5 rings (SSSR count). The van der Waals surface area contributed by atoms with Gasteiger partial charge in [0.15, 0.2) is 0 Å². The van der Waals surface area contributed by atoms with Crippen molar-refractivity contribution in [2.45, 2.75) is 52.5 Å². The Morgan fingerprint density at radius 3 is 2.31 bits per heavy atom. The van der Waals surface area contributed by atoms with Gasteiger partial charge >= 0.3 is 0 Å². The van der Waals surface area contributed by atoms with Crippen LogP contribution in [0.4, 0.5) is 5.69 Å². The van der Waals surface area contributed by atoms with Crippen LogP contribution >= 0.6 is 11.3 Å². The number of benzene rings is 3. The molecule has 0 amide bonds. The molecule has 3 heteroatoms. The van der Waals surface area contributed by atoms with E-state index in [1.807, 2.05) is 11.3 Å². The summed E-state index contributed by atoms with van der Waals surface area (Å²) in [5, 5.41) is 2.80. The van der Waals surface area contributed by atoms with Crippen molar-refractivity contribution in [2.75, 3.05) is 7.05 Å². The van der Waals surface area contributed by atoms with Crippen LogP contribution in [0.5, 0.6) is 0 Å². The van der Waals surface area contributed by atoms with E-state index in [1.165, 1.54) is 48.1 Å². The lowest BCUT2D eigenvalue weighted by atomic mass is 9.83. The van der Waals surface area contributed by atoms with Crippen LogP contribution in [0.15, 0.2) is 66.9 Å². The highest BCUT2D eigenvalue weighted by molar-refractivity contribution is 7.26. The lowest BCUT2D eigenvalue weighted by molar-refractivity contribution is -0.954. The van der Waals surface area contributed by atoms with E-state index in [9.17, 15) is 0 Å². The maximum Gasteiger partial charge on any atom is 0.273 e. The van der Waals surface area contributed by atoms with Gasteiger partial charge in [-0.25, -0.2) is 0 Å². The minimum atomic E-state index is 0.186. The van der Waals surface area contributed by atoms with Crippen molar-refractivity contribution >= 4 is 37.2 Å². The lowest BCUT2D eigenvalue weighted by Gasteiger charge is -2.21. The predicted molar refractivity (Wildman–Crippen MR) is 137 cm³/mol. The van der Waals surface area contributed by atoms with Gasteiger partial charge in [0.25, 0.3) is 11.7 Å². The molecule has 1 unspecified atom stereocenters. The summed E-state index contributed by atoms with van der Waals surface area (Å²) >= 11 is 1.95. The van der Waals surface area contributed by atoms with Gasteiger partial charge in [0.1, 0.15) is 0 Å². The van der Waals surface area contributed by atoms with Crippen LogP contribution in [0.2, 0.25) is 0 Å². The molecule has 1 atom stereocenters. The zero-order valence-corrected chi connectivity index (χ0v) is 20.7. The highest BCUT2D eigenvalue weighted by Crippen LogP contribution is 2.47. The van der Waals surface area contributed by atoms with Gasteiger partial charge in [-0.3, -0.25) is 0 Å². The first-order valence-electron chi connectivity index (χ1n) is 11.6. The molecule has 162 valence electrons. The van der Waals surface area contributed by atoms with Crippen LogP contribution < -0.4 is 0 Å². The number of nitrogens with zero attached hydrogens (tertiary/aromatic N) is 2. The highest BCUT2D eigenvalue weighted by Gasteiger charge is 2.41. The SMILES string of the molecule is Cc1ccccc1[N+]1=[N+](C)C=CC1c1c(C(C)C)cc2c(sc3ccccc32)c1C(C)C. The minimum Gasteiger partial charge on any atom is -0.135 e. The van der Waals surface area contributed by atoms with E-state index >= 15 is 0 Å². The van der Waals surface area contributed by atoms with Gasteiger partial charge in [0, 0.05) is 46.8 Å². The Kier molecular flexibility index (Phi) is 5.25. The molecule has 2 nitrogen and oxygen atoms in total. The van der Waals surface area contributed by atoms with Gasteiger partial charge in [0.2, 0.25) is 13.2 Å². The maximum atomic E-state index is 2.49. The number of para-hydroxylation sites is 1. The van der Waals surface area contributed by atoms with Crippen molar-refractivity contribution in [1.29, 1.82) is 0 Å². The maximum absolute atomic E-state index is 2.49. The first-order chi connectivity index (χ1) is 15.4. The van der Waals surface area contributed by atoms with Crippen LogP contribution in [0.1, 0.15) is 67.8 Å². The zero-order chi connectivity index (χ0) is 22.6. The summed E-state index contributed by atoms with van der Waals surface area (Å²) in [6.07, 6.45) is 4.60. The predicted octanol–water partition coefficient (Wildman–Crippen LogP) is 8.62. The van der Waals surface area contributed by atoms with E-state index in [2.05, 4.69) is 118 Å². The molecule has 1 aromatic heterocycles. The van der Waals surface area contributed by atoms with E-state index in [4.69, 9.17) is 0 Å². The molecule has 1 aliphatic heterocycles. The molecule has 0 bridgehead atoms. The van der Waals surface area contributed by atoms with Gasteiger partial charge in [-0.05, 0) is 42.0 Å². The van der Waals surface area contributed by atoms with E-state index in [0.717, 1.165) is 0 Å². The number of rotatable bonds is 4. The van der Waals surface area contributed by atoms with Gasteiger partial charge < -0.3 is 0 Å². The summed E-state index contributed by atoms with van der Waals surface area (Å²) in [7, 11) is 2.16. The van der Waals surface area contributed by atoms with Crippen LogP contribution in [0.3, 0.4) is 0 Å². The molecule has 3 aromatic carbocycles. The van der Waals surface area contributed by atoms with Crippen molar-refractivity contribution in [1.82, 2.24) is 0 Å². The Labute approximate surface area is 195 Å². The molecule has 0 radical (unpaired) electrons. The van der Waals surface area contributed by atoms with Crippen molar-refractivity contribution in [3.8, 4) is 0 Å². The smallest absolute Gasteiger partial charge is 0.135 e. The second-order valence-corrected chi connectivity index (χ2v) is 10.6. The number of hydrogen-bond acceptors (Lipinski definition) is 1. The second-order valence-electron chi connectivity index (χ2n) is 9.57. The third kappa shape index (κ3) is 3.22. The van der Waals surface area contributed by atoms with Crippen molar-refractivity contribution in [3.05, 3.63) is 89.1 Å². The molecule has 32 heavy (non-hydrogen) atoms. The van der Waals surface area contributed by atoms with Gasteiger partial charge in [-0.15, -0.1) is 11.3 Å². The summed E-state index contributed by atoms with van der Waals surface area (Å²) in [5.41, 5.74) is 7.03. The molecule has 0 aliphatic carbocycles. The third-order valence-electron chi connectivity index (χ3n) is 6.72. The highest BCUT2D eigenvalue weighted by atomic mass is 32.1. The molecule has 0 saturated carbocycles. The average molecular weight is 441 g/mol. The quantitative estimate of drug-likeness (QED) is 0.280. The van der Waals surface area contributed by atoms with E-state index in [0.29, 0.717) is 11.8 Å². The van der Waals surface area contributed by atoms with Crippen molar-refractivity contribution in [2.24, 2.45) is 0 Å². The Balaban J connectivity index is 1.86. The average Bonchev–Trinajstić information content (AvgIpc) is 3.32. The van der Waals surface area contributed by atoms with Gasteiger partial charge in [-0.1, -0.05) is 64.1 Å². The summed E-state index contributed by atoms with van der Waals surface area (Å²) in [6.45, 7) is 11.6. The Hall–Kier alpha value is -2.78.